The number of phosphoric acid groups is 3. The summed E-state index contributed by atoms with van der Waals surface area (Å²) in [7, 11) is -16.7. The number of aliphatic hydroxyl groups is 2. The van der Waals surface area contributed by atoms with Gasteiger partial charge in [0.15, 0.2) is 17.7 Å². The molecular formula is C10H16N5O13P3. The number of nitrogen functional groups attached to an aromatic ring is 1. The third-order valence-corrected chi connectivity index (χ3v) is 7.62. The first-order valence-electron chi connectivity index (χ1n) is 7.92. The van der Waals surface area contributed by atoms with Crippen molar-refractivity contribution in [1.82, 2.24) is 19.5 Å². The van der Waals surface area contributed by atoms with Crippen molar-refractivity contribution < 1.29 is 61.4 Å². The molecule has 2 aromatic heterocycles. The highest BCUT2D eigenvalue weighted by atomic mass is 31.3. The van der Waals surface area contributed by atoms with Gasteiger partial charge in [-0.15, -0.1) is 0 Å². The molecule has 0 radical (unpaired) electrons. The molecule has 0 bridgehead atoms. The number of nitrogens with two attached hydrogens (primary N) is 1. The predicted octanol–water partition coefficient (Wildman–Crippen LogP) is -1.63. The van der Waals surface area contributed by atoms with Crippen LogP contribution in [-0.4, -0.2) is 74.2 Å². The second-order valence-electron chi connectivity index (χ2n) is 6.02. The average Bonchev–Trinajstić information content (AvgIpc) is 3.13. The third kappa shape index (κ3) is 5.71. The van der Waals surface area contributed by atoms with Crippen molar-refractivity contribution in [2.24, 2.45) is 0 Å². The van der Waals surface area contributed by atoms with Crippen LogP contribution in [0.3, 0.4) is 0 Å². The van der Waals surface area contributed by atoms with E-state index in [1.807, 2.05) is 0 Å². The Hall–Kier alpha value is -1.36. The Bertz CT molecular complexity index is 1100. The SMILES string of the molecule is Nc1ncnc2c1ncn2[C@H]1O[C@@H](COP(=O)(O)OP(=O)(O)OP(=O)(O)O)[C@H](O)[C@@H]1O. The molecule has 3 heterocycles. The van der Waals surface area contributed by atoms with Crippen LogP contribution >= 0.6 is 23.5 Å². The number of anilines is 1. The molecule has 1 aliphatic heterocycles. The summed E-state index contributed by atoms with van der Waals surface area (Å²) < 4.78 is 51.9. The fourth-order valence-corrected chi connectivity index (χ4v) is 5.65. The number of hydrogen-bond acceptors (Lipinski definition) is 13. The first kappa shape index (κ1) is 24.3. The Balaban J connectivity index is 1.69. The number of fused-ring (bicyclic) bond motifs is 1. The van der Waals surface area contributed by atoms with Crippen LogP contribution in [0.15, 0.2) is 12.7 Å². The quantitative estimate of drug-likeness (QED) is 0.197. The smallest absolute Gasteiger partial charge is 0.387 e. The van der Waals surface area contributed by atoms with E-state index in [9.17, 15) is 28.8 Å². The highest BCUT2D eigenvalue weighted by Gasteiger charge is 2.47. The summed E-state index contributed by atoms with van der Waals surface area (Å²) in [6.45, 7) is -0.956. The minimum atomic E-state index is -5.70. The second kappa shape index (κ2) is 8.53. The van der Waals surface area contributed by atoms with Crippen LogP contribution in [-0.2, 0) is 31.6 Å². The maximum atomic E-state index is 11.8. The highest BCUT2D eigenvalue weighted by Crippen LogP contribution is 2.66. The van der Waals surface area contributed by atoms with Gasteiger partial charge in [-0.25, -0.2) is 28.6 Å². The maximum absolute atomic E-state index is 11.8. The minimum absolute atomic E-state index is 0.0426. The fraction of sp³-hybridized carbons (Fsp3) is 0.500. The van der Waals surface area contributed by atoms with E-state index >= 15 is 0 Å². The van der Waals surface area contributed by atoms with Crippen molar-refractivity contribution in [3.63, 3.8) is 0 Å². The Morgan fingerprint density at radius 1 is 1.03 bits per heavy atom. The zero-order chi connectivity index (χ0) is 23.2. The van der Waals surface area contributed by atoms with Crippen LogP contribution in [0, 0.1) is 0 Å². The van der Waals surface area contributed by atoms with Gasteiger partial charge in [-0.3, -0.25) is 9.09 Å². The predicted molar refractivity (Wildman–Crippen MR) is 95.5 cm³/mol. The molecule has 3 rings (SSSR count). The van der Waals surface area contributed by atoms with Crippen LogP contribution in [0.25, 0.3) is 11.2 Å². The molecule has 8 N–H and O–H groups in total. The molecular weight excluding hydrogens is 491 g/mol. The van der Waals surface area contributed by atoms with E-state index in [0.717, 1.165) is 6.33 Å². The molecule has 1 saturated heterocycles. The molecule has 2 aromatic rings. The number of ether oxygens (including phenoxy) is 1. The average molecular weight is 507 g/mol. The van der Waals surface area contributed by atoms with Crippen molar-refractivity contribution in [2.45, 2.75) is 24.5 Å². The highest BCUT2D eigenvalue weighted by molar-refractivity contribution is 7.66. The van der Waals surface area contributed by atoms with E-state index in [-0.39, 0.29) is 17.0 Å². The first-order chi connectivity index (χ1) is 14.2. The van der Waals surface area contributed by atoms with Gasteiger partial charge in [0.2, 0.25) is 0 Å². The summed E-state index contributed by atoms with van der Waals surface area (Å²) in [6, 6.07) is 0. The van der Waals surface area contributed by atoms with Gasteiger partial charge >= 0.3 is 23.5 Å². The van der Waals surface area contributed by atoms with Crippen molar-refractivity contribution in [3.8, 4) is 0 Å². The lowest BCUT2D eigenvalue weighted by Crippen LogP contribution is -2.33. The largest absolute Gasteiger partial charge is 0.490 e. The summed E-state index contributed by atoms with van der Waals surface area (Å²) in [6.07, 6.45) is -3.69. The van der Waals surface area contributed by atoms with Crippen LogP contribution in [0.2, 0.25) is 0 Å². The van der Waals surface area contributed by atoms with Gasteiger partial charge in [0.05, 0.1) is 12.9 Å². The monoisotopic (exact) mass is 507 g/mol. The molecule has 18 nitrogen and oxygen atoms in total. The van der Waals surface area contributed by atoms with Crippen LogP contribution in [0.4, 0.5) is 5.82 Å². The van der Waals surface area contributed by atoms with Gasteiger partial charge in [0.25, 0.3) is 0 Å². The van der Waals surface area contributed by atoms with E-state index in [2.05, 4.69) is 28.1 Å². The topological polar surface area (TPSA) is 279 Å². The lowest BCUT2D eigenvalue weighted by molar-refractivity contribution is -0.0503. The number of hydrogen-bond donors (Lipinski definition) is 7. The molecule has 0 spiro atoms. The number of nitrogens with zero attached hydrogens (tertiary/aromatic N) is 4. The van der Waals surface area contributed by atoms with Crippen LogP contribution in [0.5, 0.6) is 0 Å². The number of phosphoric ester groups is 1. The van der Waals surface area contributed by atoms with Gasteiger partial charge in [-0.2, -0.15) is 8.62 Å². The normalized spacial score (nSPS) is 28.5. The first-order valence-corrected chi connectivity index (χ1v) is 12.4. The molecule has 0 saturated carbocycles. The molecule has 1 fully saturated rings. The second-order valence-corrected chi connectivity index (χ2v) is 10.4. The molecule has 1 aliphatic rings. The van der Waals surface area contributed by atoms with Crippen molar-refractivity contribution in [2.75, 3.05) is 12.3 Å². The number of aromatic nitrogens is 4. The van der Waals surface area contributed by atoms with Crippen molar-refractivity contribution in [1.29, 1.82) is 0 Å². The van der Waals surface area contributed by atoms with Gasteiger partial charge in [-0.05, 0) is 0 Å². The van der Waals surface area contributed by atoms with E-state index in [1.54, 1.807) is 0 Å². The van der Waals surface area contributed by atoms with Gasteiger partial charge in [0, 0.05) is 0 Å². The summed E-state index contributed by atoms with van der Waals surface area (Å²) in [4.78, 5) is 47.2. The Morgan fingerprint density at radius 3 is 2.35 bits per heavy atom. The zero-order valence-corrected chi connectivity index (χ0v) is 17.6. The van der Waals surface area contributed by atoms with Crippen molar-refractivity contribution >= 4 is 40.4 Å². The van der Waals surface area contributed by atoms with Gasteiger partial charge < -0.3 is 40.3 Å². The molecule has 31 heavy (non-hydrogen) atoms. The Morgan fingerprint density at radius 2 is 1.71 bits per heavy atom. The number of rotatable bonds is 8. The lowest BCUT2D eigenvalue weighted by Gasteiger charge is -2.19. The van der Waals surface area contributed by atoms with E-state index in [1.165, 1.54) is 10.9 Å². The molecule has 0 aromatic carbocycles. The standard InChI is InChI=1S/C10H16N5O13P3/c11-8-5-9(13-2-12-8)15(3-14-5)10-7(17)6(16)4(26-10)1-25-30(21,22)28-31(23,24)27-29(18,19)20/h2-4,6-7,10,16-17H,1H2,(H,21,22)(H,23,24)(H2,11,12,13)(H2,18,19,20)/t4-,6-,7-,10-/m0/s1. The number of aliphatic hydroxyl groups excluding tert-OH is 2. The van der Waals surface area contributed by atoms with Crippen LogP contribution < -0.4 is 5.73 Å². The van der Waals surface area contributed by atoms with Gasteiger partial charge in [0.1, 0.15) is 30.2 Å². The molecule has 0 amide bonds. The van der Waals surface area contributed by atoms with Crippen molar-refractivity contribution in [3.05, 3.63) is 12.7 Å². The number of imidazole rings is 1. The summed E-state index contributed by atoms with van der Waals surface area (Å²) in [5.74, 6) is 0.0426. The van der Waals surface area contributed by atoms with E-state index < -0.39 is 54.6 Å². The van der Waals surface area contributed by atoms with E-state index in [0.29, 0.717) is 0 Å². The summed E-state index contributed by atoms with van der Waals surface area (Å²) >= 11 is 0. The summed E-state index contributed by atoms with van der Waals surface area (Å²) in [5.41, 5.74) is 6.00. The maximum Gasteiger partial charge on any atom is 0.490 e. The molecule has 6 atom stereocenters. The molecule has 174 valence electrons. The molecule has 21 heteroatoms. The zero-order valence-electron chi connectivity index (χ0n) is 14.9. The fourth-order valence-electron chi connectivity index (χ4n) is 2.62. The van der Waals surface area contributed by atoms with Crippen LogP contribution in [0.1, 0.15) is 6.23 Å². The minimum Gasteiger partial charge on any atom is -0.387 e. The lowest BCUT2D eigenvalue weighted by atomic mass is 10.1. The molecule has 2 unspecified atom stereocenters. The summed E-state index contributed by atoms with van der Waals surface area (Å²) in [5, 5.41) is 20.4. The molecule has 0 aliphatic carbocycles. The van der Waals surface area contributed by atoms with E-state index in [4.69, 9.17) is 25.2 Å². The Kier molecular flexibility index (Phi) is 6.68. The van der Waals surface area contributed by atoms with Gasteiger partial charge in [-0.1, -0.05) is 0 Å². The Labute approximate surface area is 171 Å². The third-order valence-electron chi connectivity index (χ3n) is 3.82.